The number of carbonyl (C=O) groups excluding carboxylic acids is 1. The molecule has 0 aliphatic heterocycles. The first-order valence-corrected chi connectivity index (χ1v) is 8.20. The molecule has 0 fully saturated rings. The largest absolute Gasteiger partial charge is 0.494 e. The Morgan fingerprint density at radius 3 is 2.67 bits per heavy atom. The second kappa shape index (κ2) is 7.68. The van der Waals surface area contributed by atoms with Gasteiger partial charge in [-0.1, -0.05) is 30.3 Å². The maximum absolute atomic E-state index is 12.0. The number of hydrogen-bond donors (Lipinski definition) is 1. The van der Waals surface area contributed by atoms with Crippen LogP contribution in [0.15, 0.2) is 59.0 Å². The third-order valence-electron chi connectivity index (χ3n) is 3.77. The molecule has 0 bridgehead atoms. The molecule has 3 aromatic rings. The van der Waals surface area contributed by atoms with Crippen LogP contribution in [-0.2, 0) is 17.6 Å². The minimum Gasteiger partial charge on any atom is -0.494 e. The van der Waals surface area contributed by atoms with E-state index < -0.39 is 0 Å². The number of benzene rings is 2. The first-order valence-electron chi connectivity index (χ1n) is 8.20. The van der Waals surface area contributed by atoms with E-state index in [1.165, 1.54) is 0 Å². The molecule has 0 unspecified atom stereocenters. The molecule has 0 aliphatic rings. The van der Waals surface area contributed by atoms with Crippen LogP contribution in [-0.4, -0.2) is 19.1 Å². The van der Waals surface area contributed by atoms with Crippen molar-refractivity contribution >= 4 is 16.9 Å². The Bertz CT molecular complexity index is 772. The van der Waals surface area contributed by atoms with Crippen molar-refractivity contribution in [2.24, 2.45) is 0 Å². The number of hydrogen-bond acceptors (Lipinski definition) is 3. The van der Waals surface area contributed by atoms with Crippen LogP contribution >= 0.6 is 0 Å². The molecule has 1 aromatic heterocycles. The van der Waals surface area contributed by atoms with Crippen LogP contribution in [0.5, 0.6) is 5.75 Å². The van der Waals surface area contributed by atoms with Crippen molar-refractivity contribution in [3.63, 3.8) is 0 Å². The standard InChI is InChI=1S/C20H21NO3/c1-2-23-17-9-7-15(8-10-17)13-20(22)21-12-11-18-14-16-5-3-4-6-19(16)24-18/h3-10,14H,2,11-13H2,1H3,(H,21,22). The second-order valence-corrected chi connectivity index (χ2v) is 5.60. The van der Waals surface area contributed by atoms with Gasteiger partial charge in [0.25, 0.3) is 0 Å². The Kier molecular flexibility index (Phi) is 5.16. The van der Waals surface area contributed by atoms with E-state index in [-0.39, 0.29) is 5.91 Å². The van der Waals surface area contributed by atoms with Gasteiger partial charge in [-0.05, 0) is 36.8 Å². The van der Waals surface area contributed by atoms with Gasteiger partial charge in [0.2, 0.25) is 5.91 Å². The third-order valence-corrected chi connectivity index (χ3v) is 3.77. The van der Waals surface area contributed by atoms with Gasteiger partial charge in [-0.25, -0.2) is 0 Å². The summed E-state index contributed by atoms with van der Waals surface area (Å²) in [5.41, 5.74) is 1.85. The first-order chi connectivity index (χ1) is 11.7. The van der Waals surface area contributed by atoms with Gasteiger partial charge in [0.15, 0.2) is 0 Å². The van der Waals surface area contributed by atoms with Gasteiger partial charge in [0.1, 0.15) is 17.1 Å². The van der Waals surface area contributed by atoms with E-state index in [9.17, 15) is 4.79 Å². The number of fused-ring (bicyclic) bond motifs is 1. The highest BCUT2D eigenvalue weighted by molar-refractivity contribution is 5.79. The number of ether oxygens (including phenoxy) is 1. The van der Waals surface area contributed by atoms with Crippen molar-refractivity contribution in [1.82, 2.24) is 5.32 Å². The predicted molar refractivity (Wildman–Crippen MR) is 94.2 cm³/mol. The zero-order valence-electron chi connectivity index (χ0n) is 13.7. The number of carbonyl (C=O) groups is 1. The molecule has 0 saturated carbocycles. The molecule has 0 aliphatic carbocycles. The Labute approximate surface area is 141 Å². The predicted octanol–water partition coefficient (Wildman–Crippen LogP) is 3.73. The SMILES string of the molecule is CCOc1ccc(CC(=O)NCCc2cc3ccccc3o2)cc1. The lowest BCUT2D eigenvalue weighted by Gasteiger charge is -2.06. The molecular weight excluding hydrogens is 302 g/mol. The molecule has 0 saturated heterocycles. The van der Waals surface area contributed by atoms with Crippen molar-refractivity contribution in [2.45, 2.75) is 19.8 Å². The monoisotopic (exact) mass is 323 g/mol. The average molecular weight is 323 g/mol. The van der Waals surface area contributed by atoms with Crippen molar-refractivity contribution in [2.75, 3.05) is 13.2 Å². The summed E-state index contributed by atoms with van der Waals surface area (Å²) in [5.74, 6) is 1.72. The number of para-hydroxylation sites is 1. The molecule has 0 radical (unpaired) electrons. The molecule has 4 nitrogen and oxygen atoms in total. The Hall–Kier alpha value is -2.75. The summed E-state index contributed by atoms with van der Waals surface area (Å²) >= 11 is 0. The Morgan fingerprint density at radius 2 is 1.92 bits per heavy atom. The van der Waals surface area contributed by atoms with E-state index in [0.717, 1.165) is 28.0 Å². The van der Waals surface area contributed by atoms with Crippen LogP contribution in [0.3, 0.4) is 0 Å². The quantitative estimate of drug-likeness (QED) is 0.721. The molecule has 1 heterocycles. The fourth-order valence-corrected chi connectivity index (χ4v) is 2.60. The van der Waals surface area contributed by atoms with Gasteiger partial charge in [-0.15, -0.1) is 0 Å². The Morgan fingerprint density at radius 1 is 1.12 bits per heavy atom. The second-order valence-electron chi connectivity index (χ2n) is 5.60. The maximum Gasteiger partial charge on any atom is 0.224 e. The topological polar surface area (TPSA) is 51.5 Å². The number of furan rings is 1. The first kappa shape index (κ1) is 16.1. The lowest BCUT2D eigenvalue weighted by Crippen LogP contribution is -2.27. The summed E-state index contributed by atoms with van der Waals surface area (Å²) in [4.78, 5) is 12.0. The average Bonchev–Trinajstić information content (AvgIpc) is 2.99. The van der Waals surface area contributed by atoms with Gasteiger partial charge >= 0.3 is 0 Å². The van der Waals surface area contributed by atoms with E-state index in [0.29, 0.717) is 26.0 Å². The molecule has 0 atom stereocenters. The third kappa shape index (κ3) is 4.16. The van der Waals surface area contributed by atoms with Crippen LogP contribution in [0.25, 0.3) is 11.0 Å². The molecule has 2 aromatic carbocycles. The fourth-order valence-electron chi connectivity index (χ4n) is 2.60. The minimum atomic E-state index is 0.00951. The summed E-state index contributed by atoms with van der Waals surface area (Å²) in [6, 6.07) is 17.5. The zero-order valence-corrected chi connectivity index (χ0v) is 13.7. The van der Waals surface area contributed by atoms with Gasteiger partial charge in [0.05, 0.1) is 13.0 Å². The molecule has 124 valence electrons. The van der Waals surface area contributed by atoms with Gasteiger partial charge < -0.3 is 14.5 Å². The molecule has 24 heavy (non-hydrogen) atoms. The van der Waals surface area contributed by atoms with E-state index in [1.54, 1.807) is 0 Å². The van der Waals surface area contributed by atoms with Crippen molar-refractivity contribution in [3.8, 4) is 5.75 Å². The van der Waals surface area contributed by atoms with Gasteiger partial charge in [-0.3, -0.25) is 4.79 Å². The summed E-state index contributed by atoms with van der Waals surface area (Å²) in [5, 5.41) is 4.02. The zero-order chi connectivity index (χ0) is 16.8. The molecule has 1 amide bonds. The lowest BCUT2D eigenvalue weighted by molar-refractivity contribution is -0.120. The molecule has 3 rings (SSSR count). The maximum atomic E-state index is 12.0. The molecular formula is C20H21NO3. The summed E-state index contributed by atoms with van der Waals surface area (Å²) in [6.45, 7) is 3.15. The molecule has 4 heteroatoms. The van der Waals surface area contributed by atoms with E-state index in [2.05, 4.69) is 5.32 Å². The molecule has 0 spiro atoms. The van der Waals surface area contributed by atoms with Crippen molar-refractivity contribution < 1.29 is 13.9 Å². The van der Waals surface area contributed by atoms with Gasteiger partial charge in [0, 0.05) is 18.4 Å². The fraction of sp³-hybridized carbons (Fsp3) is 0.250. The van der Waals surface area contributed by atoms with E-state index in [4.69, 9.17) is 9.15 Å². The number of nitrogens with one attached hydrogen (secondary N) is 1. The number of amides is 1. The highest BCUT2D eigenvalue weighted by atomic mass is 16.5. The van der Waals surface area contributed by atoms with Gasteiger partial charge in [-0.2, -0.15) is 0 Å². The van der Waals surface area contributed by atoms with Crippen LogP contribution in [0.2, 0.25) is 0 Å². The highest BCUT2D eigenvalue weighted by Crippen LogP contribution is 2.18. The normalized spacial score (nSPS) is 10.7. The Balaban J connectivity index is 1.46. The van der Waals surface area contributed by atoms with Crippen molar-refractivity contribution in [3.05, 3.63) is 65.9 Å². The van der Waals surface area contributed by atoms with Crippen LogP contribution < -0.4 is 10.1 Å². The van der Waals surface area contributed by atoms with Crippen molar-refractivity contribution in [1.29, 1.82) is 0 Å². The van der Waals surface area contributed by atoms with E-state index in [1.807, 2.05) is 61.5 Å². The van der Waals surface area contributed by atoms with Crippen LogP contribution in [0, 0.1) is 0 Å². The summed E-state index contributed by atoms with van der Waals surface area (Å²) in [7, 11) is 0. The minimum absolute atomic E-state index is 0.00951. The van der Waals surface area contributed by atoms with Crippen LogP contribution in [0.1, 0.15) is 18.2 Å². The van der Waals surface area contributed by atoms with E-state index >= 15 is 0 Å². The summed E-state index contributed by atoms with van der Waals surface area (Å²) in [6.07, 6.45) is 1.05. The highest BCUT2D eigenvalue weighted by Gasteiger charge is 2.06. The smallest absolute Gasteiger partial charge is 0.224 e. The molecule has 1 N–H and O–H groups in total. The van der Waals surface area contributed by atoms with Crippen LogP contribution in [0.4, 0.5) is 0 Å². The lowest BCUT2D eigenvalue weighted by atomic mass is 10.1. The number of rotatable bonds is 7. The summed E-state index contributed by atoms with van der Waals surface area (Å²) < 4.78 is 11.1.